The van der Waals surface area contributed by atoms with E-state index in [9.17, 15) is 5.26 Å². The Bertz CT molecular complexity index is 2430. The van der Waals surface area contributed by atoms with E-state index < -0.39 is 0 Å². The van der Waals surface area contributed by atoms with Crippen molar-refractivity contribution in [2.24, 2.45) is 0 Å². The first kappa shape index (κ1) is 26.0. The molecule has 0 amide bonds. The summed E-state index contributed by atoms with van der Waals surface area (Å²) in [7, 11) is 0. The Kier molecular flexibility index (Phi) is 5.84. The van der Waals surface area contributed by atoms with Crippen LogP contribution in [0.5, 0.6) is 0 Å². The van der Waals surface area contributed by atoms with Gasteiger partial charge >= 0.3 is 0 Å². The van der Waals surface area contributed by atoms with Crippen molar-refractivity contribution in [2.75, 3.05) is 0 Å². The predicted molar refractivity (Wildman–Crippen MR) is 189 cm³/mol. The van der Waals surface area contributed by atoms with Gasteiger partial charge in [-0.2, -0.15) is 5.26 Å². The Morgan fingerprint density at radius 2 is 0.826 bits per heavy atom. The molecule has 3 aromatic heterocycles. The molecule has 3 heterocycles. The number of para-hydroxylation sites is 4. The quantitative estimate of drug-likeness (QED) is 0.206. The first-order valence-electron chi connectivity index (χ1n) is 15.4. The molecule has 0 bridgehead atoms. The molecule has 0 N–H and O–H groups in total. The van der Waals surface area contributed by atoms with Crippen molar-refractivity contribution in [3.8, 4) is 40.0 Å². The fourth-order valence-electron chi connectivity index (χ4n) is 6.97. The van der Waals surface area contributed by atoms with Crippen molar-refractivity contribution in [3.63, 3.8) is 0 Å². The van der Waals surface area contributed by atoms with Crippen LogP contribution in [0.25, 0.3) is 77.5 Å². The van der Waals surface area contributed by atoms with Gasteiger partial charge in [0.1, 0.15) is 11.6 Å². The number of benzene rings is 6. The van der Waals surface area contributed by atoms with Crippen LogP contribution in [0.2, 0.25) is 0 Å². The Morgan fingerprint density at radius 1 is 0.413 bits per heavy atom. The number of hydrogen-bond donors (Lipinski definition) is 0. The van der Waals surface area contributed by atoms with Crippen LogP contribution in [-0.4, -0.2) is 14.1 Å². The molecule has 0 fully saturated rings. The summed E-state index contributed by atoms with van der Waals surface area (Å²) in [5.41, 5.74) is 9.25. The SMILES string of the molecule is N#Cc1cccc(-c2ccccc2-c2cc(-n3c4ccccc4c4ccccc43)nc(-n3c4ccccc4c4ccccc43)c2)c1. The van der Waals surface area contributed by atoms with Gasteiger partial charge in [-0.15, -0.1) is 0 Å². The number of pyridine rings is 1. The van der Waals surface area contributed by atoms with E-state index in [0.717, 1.165) is 56.0 Å². The molecular formula is C42H26N4. The monoisotopic (exact) mass is 586 g/mol. The van der Waals surface area contributed by atoms with Gasteiger partial charge in [0.25, 0.3) is 0 Å². The Labute approximate surface area is 265 Å². The fraction of sp³-hybridized carbons (Fsp3) is 0. The summed E-state index contributed by atoms with van der Waals surface area (Å²) in [6, 6.07) is 57.1. The summed E-state index contributed by atoms with van der Waals surface area (Å²) in [6.45, 7) is 0. The van der Waals surface area contributed by atoms with Crippen molar-refractivity contribution in [3.05, 3.63) is 163 Å². The van der Waals surface area contributed by atoms with Gasteiger partial charge < -0.3 is 0 Å². The van der Waals surface area contributed by atoms with Crippen LogP contribution in [0.3, 0.4) is 0 Å². The van der Waals surface area contributed by atoms with Gasteiger partial charge in [-0.05, 0) is 70.8 Å². The standard InChI is InChI=1S/C42H26N4/c43-27-28-12-11-13-29(24-28)31-14-1-2-15-32(31)30-25-41(45-37-20-7-3-16-33(37)34-17-4-8-21-38(34)45)44-42(26-30)46-39-22-9-5-18-35(39)36-19-6-10-23-40(36)46/h1-26H. The number of hydrogen-bond acceptors (Lipinski definition) is 2. The molecule has 0 saturated carbocycles. The zero-order chi connectivity index (χ0) is 30.6. The number of aromatic nitrogens is 3. The Morgan fingerprint density at radius 3 is 1.28 bits per heavy atom. The third-order valence-corrected chi connectivity index (χ3v) is 8.96. The number of rotatable bonds is 4. The van der Waals surface area contributed by atoms with Gasteiger partial charge in [0.05, 0.1) is 33.7 Å². The molecule has 9 rings (SSSR count). The van der Waals surface area contributed by atoms with Crippen LogP contribution < -0.4 is 0 Å². The molecule has 0 aliphatic rings. The third kappa shape index (κ3) is 3.96. The van der Waals surface area contributed by atoms with Crippen LogP contribution in [0, 0.1) is 11.3 Å². The van der Waals surface area contributed by atoms with E-state index in [1.54, 1.807) is 0 Å². The minimum atomic E-state index is 0.638. The largest absolute Gasteiger partial charge is 0.294 e. The highest BCUT2D eigenvalue weighted by Gasteiger charge is 2.19. The van der Waals surface area contributed by atoms with Crippen LogP contribution in [0.4, 0.5) is 0 Å². The normalized spacial score (nSPS) is 11.5. The van der Waals surface area contributed by atoms with E-state index in [1.807, 2.05) is 18.2 Å². The van der Waals surface area contributed by atoms with Crippen molar-refractivity contribution in [1.82, 2.24) is 14.1 Å². The highest BCUT2D eigenvalue weighted by Crippen LogP contribution is 2.38. The van der Waals surface area contributed by atoms with E-state index in [-0.39, 0.29) is 0 Å². The van der Waals surface area contributed by atoms with Gasteiger partial charge in [0.2, 0.25) is 0 Å². The second-order valence-corrected chi connectivity index (χ2v) is 11.5. The molecule has 4 nitrogen and oxygen atoms in total. The van der Waals surface area contributed by atoms with Gasteiger partial charge in [0, 0.05) is 21.5 Å². The molecule has 0 atom stereocenters. The van der Waals surface area contributed by atoms with E-state index in [4.69, 9.17) is 4.98 Å². The maximum Gasteiger partial charge on any atom is 0.140 e. The van der Waals surface area contributed by atoms with Gasteiger partial charge in [0.15, 0.2) is 0 Å². The van der Waals surface area contributed by atoms with Crippen LogP contribution in [0.1, 0.15) is 5.56 Å². The van der Waals surface area contributed by atoms with Crippen molar-refractivity contribution >= 4 is 43.6 Å². The molecule has 0 unspecified atom stereocenters. The lowest BCUT2D eigenvalue weighted by Gasteiger charge is -2.16. The molecule has 0 aliphatic heterocycles. The summed E-state index contributed by atoms with van der Waals surface area (Å²) in [6.07, 6.45) is 0. The van der Waals surface area contributed by atoms with E-state index in [2.05, 4.69) is 155 Å². The lowest BCUT2D eigenvalue weighted by atomic mass is 9.94. The molecule has 0 aliphatic carbocycles. The molecule has 0 spiro atoms. The van der Waals surface area contributed by atoms with E-state index in [1.165, 1.54) is 21.5 Å². The summed E-state index contributed by atoms with van der Waals surface area (Å²) in [4.78, 5) is 5.46. The average molecular weight is 587 g/mol. The van der Waals surface area contributed by atoms with Gasteiger partial charge in [-0.25, -0.2) is 4.98 Å². The van der Waals surface area contributed by atoms with Gasteiger partial charge in [-0.3, -0.25) is 9.13 Å². The Hall–Kier alpha value is -6.44. The summed E-state index contributed by atoms with van der Waals surface area (Å²) < 4.78 is 4.56. The van der Waals surface area contributed by atoms with E-state index in [0.29, 0.717) is 5.56 Å². The van der Waals surface area contributed by atoms with Gasteiger partial charge in [-0.1, -0.05) is 109 Å². The first-order chi connectivity index (χ1) is 22.8. The molecule has 0 saturated heterocycles. The minimum absolute atomic E-state index is 0.638. The lowest BCUT2D eigenvalue weighted by Crippen LogP contribution is -2.04. The molecule has 4 heteroatoms. The van der Waals surface area contributed by atoms with Crippen molar-refractivity contribution < 1.29 is 0 Å². The number of nitrogens with zero attached hydrogens (tertiary/aromatic N) is 4. The fourth-order valence-corrected chi connectivity index (χ4v) is 6.97. The van der Waals surface area contributed by atoms with Crippen molar-refractivity contribution in [1.29, 1.82) is 5.26 Å². The smallest absolute Gasteiger partial charge is 0.140 e. The maximum atomic E-state index is 9.66. The number of fused-ring (bicyclic) bond motifs is 6. The lowest BCUT2D eigenvalue weighted by molar-refractivity contribution is 1.01. The summed E-state index contributed by atoms with van der Waals surface area (Å²) >= 11 is 0. The molecular weight excluding hydrogens is 560 g/mol. The summed E-state index contributed by atoms with van der Waals surface area (Å²) in [5.74, 6) is 1.68. The van der Waals surface area contributed by atoms with Crippen LogP contribution in [0.15, 0.2) is 158 Å². The topological polar surface area (TPSA) is 46.5 Å². The third-order valence-electron chi connectivity index (χ3n) is 8.96. The zero-order valence-electron chi connectivity index (χ0n) is 24.8. The molecule has 46 heavy (non-hydrogen) atoms. The van der Waals surface area contributed by atoms with Crippen LogP contribution >= 0.6 is 0 Å². The predicted octanol–water partition coefficient (Wildman–Crippen LogP) is 10.5. The average Bonchev–Trinajstić information content (AvgIpc) is 3.65. The second kappa shape index (κ2) is 10.3. The molecule has 9 aromatic rings. The van der Waals surface area contributed by atoms with Crippen LogP contribution in [-0.2, 0) is 0 Å². The second-order valence-electron chi connectivity index (χ2n) is 11.5. The minimum Gasteiger partial charge on any atom is -0.294 e. The molecule has 0 radical (unpaired) electrons. The summed E-state index contributed by atoms with van der Waals surface area (Å²) in [5, 5.41) is 14.4. The highest BCUT2D eigenvalue weighted by molar-refractivity contribution is 6.10. The molecule has 6 aromatic carbocycles. The molecule has 214 valence electrons. The Balaban J connectivity index is 1.40. The first-order valence-corrected chi connectivity index (χ1v) is 15.4. The number of nitriles is 1. The van der Waals surface area contributed by atoms with E-state index >= 15 is 0 Å². The maximum absolute atomic E-state index is 9.66. The zero-order valence-corrected chi connectivity index (χ0v) is 24.8. The van der Waals surface area contributed by atoms with Crippen molar-refractivity contribution in [2.45, 2.75) is 0 Å². The highest BCUT2D eigenvalue weighted by atomic mass is 15.1.